The van der Waals surface area contributed by atoms with Crippen molar-refractivity contribution in [3.05, 3.63) is 21.3 Å². The van der Waals surface area contributed by atoms with Crippen LogP contribution in [0, 0.1) is 16.7 Å². The predicted molar refractivity (Wildman–Crippen MR) is 79.0 cm³/mol. The van der Waals surface area contributed by atoms with Gasteiger partial charge in [-0.25, -0.2) is 0 Å². The average molecular weight is 299 g/mol. The van der Waals surface area contributed by atoms with Gasteiger partial charge in [-0.15, -0.1) is 11.3 Å². The van der Waals surface area contributed by atoms with Crippen LogP contribution in [0.4, 0.5) is 0 Å². The molecule has 1 amide bonds. The molecule has 0 aliphatic carbocycles. The Kier molecular flexibility index (Phi) is 6.33. The third kappa shape index (κ3) is 4.22. The lowest BCUT2D eigenvalue weighted by Crippen LogP contribution is -2.39. The molecule has 5 heteroatoms. The topological polar surface area (TPSA) is 52.9 Å². The summed E-state index contributed by atoms with van der Waals surface area (Å²) in [5, 5.41) is 12.2. The maximum Gasteiger partial charge on any atom is 0.240 e. The zero-order valence-electron chi connectivity index (χ0n) is 11.3. The molecule has 1 aromatic rings. The summed E-state index contributed by atoms with van der Waals surface area (Å²) in [6.07, 6.45) is 2.86. The Morgan fingerprint density at radius 1 is 1.42 bits per heavy atom. The molecule has 0 spiro atoms. The molecule has 0 fully saturated rings. The van der Waals surface area contributed by atoms with Crippen molar-refractivity contribution in [1.82, 2.24) is 5.32 Å². The molecular formula is C14H19ClN2OS. The number of nitrogens with one attached hydrogen (secondary N) is 1. The lowest BCUT2D eigenvalue weighted by molar-refractivity contribution is -0.129. The first-order chi connectivity index (χ1) is 9.07. The summed E-state index contributed by atoms with van der Waals surface area (Å²) in [5.41, 5.74) is -0.884. The summed E-state index contributed by atoms with van der Waals surface area (Å²) in [6.45, 7) is 4.43. The Morgan fingerprint density at radius 3 is 2.47 bits per heavy atom. The molecule has 0 aliphatic rings. The molecular weight excluding hydrogens is 280 g/mol. The molecule has 0 atom stereocenters. The molecule has 0 radical (unpaired) electrons. The van der Waals surface area contributed by atoms with E-state index in [-0.39, 0.29) is 5.91 Å². The van der Waals surface area contributed by atoms with Gasteiger partial charge in [0.2, 0.25) is 5.91 Å². The highest BCUT2D eigenvalue weighted by Gasteiger charge is 2.36. The van der Waals surface area contributed by atoms with Crippen LogP contribution in [-0.4, -0.2) is 5.91 Å². The number of carbonyl (C=O) groups excluding carboxylic acids is 1. The molecule has 1 rings (SSSR count). The van der Waals surface area contributed by atoms with E-state index >= 15 is 0 Å². The van der Waals surface area contributed by atoms with E-state index in [2.05, 4.69) is 11.4 Å². The molecule has 3 nitrogen and oxygen atoms in total. The lowest BCUT2D eigenvalue weighted by atomic mass is 9.80. The molecule has 19 heavy (non-hydrogen) atoms. The second-order valence-electron chi connectivity index (χ2n) is 4.58. The van der Waals surface area contributed by atoms with Crippen molar-refractivity contribution in [2.45, 2.75) is 46.1 Å². The van der Waals surface area contributed by atoms with Crippen LogP contribution in [0.15, 0.2) is 12.1 Å². The standard InChI is InChI=1S/C14H19ClN2OS/c1-3-7-14(10-16,8-4-2)13(18)17-9-11-5-6-12(15)19-11/h5-6H,3-4,7-9H2,1-2H3,(H,17,18). The first kappa shape index (κ1) is 16.0. The van der Waals surface area contributed by atoms with E-state index in [1.165, 1.54) is 11.3 Å². The zero-order valence-corrected chi connectivity index (χ0v) is 12.9. The highest BCUT2D eigenvalue weighted by Crippen LogP contribution is 2.30. The Balaban J connectivity index is 2.69. The molecule has 1 heterocycles. The van der Waals surface area contributed by atoms with E-state index < -0.39 is 5.41 Å². The maximum absolute atomic E-state index is 12.3. The predicted octanol–water partition coefficient (Wildman–Crippen LogP) is 4.13. The van der Waals surface area contributed by atoms with Crippen LogP contribution in [0.5, 0.6) is 0 Å². The number of hydrogen-bond donors (Lipinski definition) is 1. The Morgan fingerprint density at radius 2 is 2.05 bits per heavy atom. The third-order valence-corrected chi connectivity index (χ3v) is 4.29. The van der Waals surface area contributed by atoms with Crippen molar-refractivity contribution in [3.63, 3.8) is 0 Å². The molecule has 0 unspecified atom stereocenters. The van der Waals surface area contributed by atoms with E-state index in [0.29, 0.717) is 23.7 Å². The minimum atomic E-state index is -0.884. The molecule has 1 aromatic heterocycles. The van der Waals surface area contributed by atoms with Crippen LogP contribution in [0.1, 0.15) is 44.4 Å². The molecule has 0 aliphatic heterocycles. The van der Waals surface area contributed by atoms with Crippen molar-refractivity contribution in [3.8, 4) is 6.07 Å². The van der Waals surface area contributed by atoms with E-state index in [1.54, 1.807) is 0 Å². The highest BCUT2D eigenvalue weighted by molar-refractivity contribution is 7.16. The second kappa shape index (κ2) is 7.52. The number of carbonyl (C=O) groups is 1. The largest absolute Gasteiger partial charge is 0.350 e. The monoisotopic (exact) mass is 298 g/mol. The Hall–Kier alpha value is -1.05. The van der Waals surface area contributed by atoms with E-state index in [4.69, 9.17) is 11.6 Å². The highest BCUT2D eigenvalue weighted by atomic mass is 35.5. The first-order valence-electron chi connectivity index (χ1n) is 6.51. The summed E-state index contributed by atoms with van der Waals surface area (Å²) < 4.78 is 0.706. The summed E-state index contributed by atoms with van der Waals surface area (Å²) in [4.78, 5) is 13.3. The number of amides is 1. The summed E-state index contributed by atoms with van der Waals surface area (Å²) in [5.74, 6) is -0.164. The third-order valence-electron chi connectivity index (χ3n) is 3.05. The van der Waals surface area contributed by atoms with Gasteiger partial charge in [0, 0.05) is 4.88 Å². The van der Waals surface area contributed by atoms with Gasteiger partial charge in [-0.2, -0.15) is 5.26 Å². The van der Waals surface area contributed by atoms with Gasteiger partial charge in [-0.1, -0.05) is 38.3 Å². The fourth-order valence-corrected chi connectivity index (χ4v) is 3.18. The van der Waals surface area contributed by atoms with Crippen molar-refractivity contribution in [1.29, 1.82) is 5.26 Å². The van der Waals surface area contributed by atoms with E-state index in [0.717, 1.165) is 17.7 Å². The van der Waals surface area contributed by atoms with Crippen LogP contribution in [-0.2, 0) is 11.3 Å². The summed E-state index contributed by atoms with van der Waals surface area (Å²) in [7, 11) is 0. The second-order valence-corrected chi connectivity index (χ2v) is 6.38. The van der Waals surface area contributed by atoms with Gasteiger partial charge in [-0.05, 0) is 25.0 Å². The zero-order chi connectivity index (χ0) is 14.3. The first-order valence-corrected chi connectivity index (χ1v) is 7.71. The quantitative estimate of drug-likeness (QED) is 0.823. The number of hydrogen-bond acceptors (Lipinski definition) is 3. The number of nitriles is 1. The average Bonchev–Trinajstić information content (AvgIpc) is 2.81. The van der Waals surface area contributed by atoms with Crippen LogP contribution in [0.3, 0.4) is 0 Å². The van der Waals surface area contributed by atoms with E-state index in [9.17, 15) is 10.1 Å². The van der Waals surface area contributed by atoms with Gasteiger partial charge in [0.25, 0.3) is 0 Å². The van der Waals surface area contributed by atoms with Crippen LogP contribution in [0.2, 0.25) is 4.34 Å². The van der Waals surface area contributed by atoms with Gasteiger partial charge >= 0.3 is 0 Å². The van der Waals surface area contributed by atoms with Gasteiger partial charge in [-0.3, -0.25) is 4.79 Å². The minimum Gasteiger partial charge on any atom is -0.350 e. The number of thiophene rings is 1. The number of rotatable bonds is 7. The summed E-state index contributed by atoms with van der Waals surface area (Å²) in [6, 6.07) is 5.92. The van der Waals surface area contributed by atoms with Gasteiger partial charge in [0.05, 0.1) is 17.0 Å². The molecule has 0 saturated heterocycles. The van der Waals surface area contributed by atoms with Gasteiger partial charge < -0.3 is 5.32 Å². The Bertz CT molecular complexity index is 458. The lowest BCUT2D eigenvalue weighted by Gasteiger charge is -2.24. The molecule has 104 valence electrons. The molecule has 0 bridgehead atoms. The summed E-state index contributed by atoms with van der Waals surface area (Å²) >= 11 is 7.29. The number of nitrogens with zero attached hydrogens (tertiary/aromatic N) is 1. The van der Waals surface area contributed by atoms with E-state index in [1.807, 2.05) is 26.0 Å². The van der Waals surface area contributed by atoms with Crippen molar-refractivity contribution >= 4 is 28.8 Å². The smallest absolute Gasteiger partial charge is 0.240 e. The van der Waals surface area contributed by atoms with Crippen molar-refractivity contribution < 1.29 is 4.79 Å². The number of halogens is 1. The van der Waals surface area contributed by atoms with Gasteiger partial charge in [0.1, 0.15) is 5.41 Å². The van der Waals surface area contributed by atoms with Crippen LogP contribution in [0.25, 0.3) is 0 Å². The van der Waals surface area contributed by atoms with Gasteiger partial charge in [0.15, 0.2) is 0 Å². The molecule has 0 saturated carbocycles. The maximum atomic E-state index is 12.3. The fraction of sp³-hybridized carbons (Fsp3) is 0.571. The SMILES string of the molecule is CCCC(C#N)(CCC)C(=O)NCc1ccc(Cl)s1. The van der Waals surface area contributed by atoms with Crippen LogP contribution < -0.4 is 5.32 Å². The molecule has 0 aromatic carbocycles. The normalized spacial score (nSPS) is 11.1. The minimum absolute atomic E-state index is 0.164. The van der Waals surface area contributed by atoms with Crippen molar-refractivity contribution in [2.24, 2.45) is 5.41 Å². The van der Waals surface area contributed by atoms with Crippen LogP contribution >= 0.6 is 22.9 Å². The molecule has 1 N–H and O–H groups in total. The fourth-order valence-electron chi connectivity index (χ4n) is 2.15. The Labute approximate surface area is 123 Å². The van der Waals surface area contributed by atoms with Crippen molar-refractivity contribution in [2.75, 3.05) is 0 Å².